The van der Waals surface area contributed by atoms with Gasteiger partial charge in [0, 0.05) is 16.8 Å². The molecule has 0 aliphatic carbocycles. The Bertz CT molecular complexity index is 773. The third kappa shape index (κ3) is 2.78. The van der Waals surface area contributed by atoms with Gasteiger partial charge in [-0.15, -0.1) is 23.1 Å². The van der Waals surface area contributed by atoms with Crippen LogP contribution in [0.15, 0.2) is 30.1 Å². The molecule has 0 radical (unpaired) electrons. The maximum atomic E-state index is 12.3. The Morgan fingerprint density at radius 2 is 2.33 bits per heavy atom. The second kappa shape index (κ2) is 6.29. The molecule has 3 heterocycles. The van der Waals surface area contributed by atoms with Crippen LogP contribution in [-0.2, 0) is 20.8 Å². The van der Waals surface area contributed by atoms with Crippen LogP contribution < -0.4 is 11.1 Å². The summed E-state index contributed by atoms with van der Waals surface area (Å²) in [5.74, 6) is -1.50. The summed E-state index contributed by atoms with van der Waals surface area (Å²) in [5, 5.41) is 12.0. The highest BCUT2D eigenvalue weighted by molar-refractivity contribution is 8.00. The molecule has 8 nitrogen and oxygen atoms in total. The predicted molar refractivity (Wildman–Crippen MR) is 90.1 cm³/mol. The van der Waals surface area contributed by atoms with Crippen LogP contribution in [0.4, 0.5) is 5.13 Å². The SMILES string of the molecule is C=CC1=C(C(=O)O)N2C(=O)C(NC(=O)Cc3cnc(N)s3)[C@H]2SC1. The summed E-state index contributed by atoms with van der Waals surface area (Å²) in [4.78, 5) is 41.6. The number of aromatic nitrogens is 1. The number of thiazole rings is 1. The van der Waals surface area contributed by atoms with E-state index in [0.29, 0.717) is 21.3 Å². The number of carboxylic acids is 1. The van der Waals surface area contributed by atoms with Gasteiger partial charge in [0.15, 0.2) is 5.13 Å². The van der Waals surface area contributed by atoms with Crippen molar-refractivity contribution in [1.82, 2.24) is 15.2 Å². The smallest absolute Gasteiger partial charge is 0.352 e. The standard InChI is InChI=1S/C14H14N4O4S2/c1-2-6-5-23-12-9(11(20)18(12)10(6)13(21)22)17-8(19)3-7-4-16-14(15)24-7/h2,4,9,12H,1,3,5H2,(H2,15,16)(H,17,19)(H,21,22)/t9?,12-/m1/s1. The first-order valence-electron chi connectivity index (χ1n) is 6.95. The van der Waals surface area contributed by atoms with Crippen LogP contribution in [0.3, 0.4) is 0 Å². The summed E-state index contributed by atoms with van der Waals surface area (Å²) >= 11 is 2.61. The Morgan fingerprint density at radius 3 is 2.92 bits per heavy atom. The van der Waals surface area contributed by atoms with E-state index in [9.17, 15) is 19.5 Å². The lowest BCUT2D eigenvalue weighted by atomic mass is 10.0. The molecule has 1 unspecified atom stereocenters. The van der Waals surface area contributed by atoms with Crippen molar-refractivity contribution in [2.45, 2.75) is 17.8 Å². The van der Waals surface area contributed by atoms with Gasteiger partial charge in [-0.2, -0.15) is 0 Å². The number of nitrogen functional groups attached to an aromatic ring is 1. The van der Waals surface area contributed by atoms with E-state index in [1.54, 1.807) is 0 Å². The first-order chi connectivity index (χ1) is 11.4. The molecule has 2 atom stereocenters. The van der Waals surface area contributed by atoms with E-state index >= 15 is 0 Å². The summed E-state index contributed by atoms with van der Waals surface area (Å²) in [7, 11) is 0. The number of thioether (sulfide) groups is 1. The van der Waals surface area contributed by atoms with Crippen molar-refractivity contribution in [2.75, 3.05) is 11.5 Å². The quantitative estimate of drug-likeness (QED) is 0.635. The molecule has 1 aromatic rings. The lowest BCUT2D eigenvalue weighted by Crippen LogP contribution is -2.70. The van der Waals surface area contributed by atoms with Gasteiger partial charge in [0.25, 0.3) is 5.91 Å². The van der Waals surface area contributed by atoms with Gasteiger partial charge in [-0.3, -0.25) is 14.5 Å². The maximum absolute atomic E-state index is 12.3. The van der Waals surface area contributed by atoms with Crippen molar-refractivity contribution in [2.24, 2.45) is 0 Å². The van der Waals surface area contributed by atoms with Crippen molar-refractivity contribution >= 4 is 46.0 Å². The van der Waals surface area contributed by atoms with E-state index in [0.717, 1.165) is 0 Å². The van der Waals surface area contributed by atoms with E-state index in [2.05, 4.69) is 16.9 Å². The van der Waals surface area contributed by atoms with Gasteiger partial charge in [0.1, 0.15) is 17.1 Å². The molecule has 1 fully saturated rings. The summed E-state index contributed by atoms with van der Waals surface area (Å²) in [6, 6.07) is -0.728. The molecule has 0 aromatic carbocycles. The van der Waals surface area contributed by atoms with Gasteiger partial charge in [-0.05, 0) is 5.57 Å². The summed E-state index contributed by atoms with van der Waals surface area (Å²) in [6.45, 7) is 3.58. The van der Waals surface area contributed by atoms with Crippen LogP contribution in [0.2, 0.25) is 0 Å². The summed E-state index contributed by atoms with van der Waals surface area (Å²) in [5.41, 5.74) is 5.96. The molecular weight excluding hydrogens is 352 g/mol. The lowest BCUT2D eigenvalue weighted by Gasteiger charge is -2.49. The average Bonchev–Trinajstić information content (AvgIpc) is 2.95. The Kier molecular flexibility index (Phi) is 4.33. The number of carbonyl (C=O) groups is 3. The van der Waals surface area contributed by atoms with Gasteiger partial charge in [0.2, 0.25) is 5.91 Å². The third-order valence-electron chi connectivity index (χ3n) is 3.67. The number of nitrogens with two attached hydrogens (primary N) is 1. The first kappa shape index (κ1) is 16.5. The minimum Gasteiger partial charge on any atom is -0.477 e. The molecule has 1 saturated heterocycles. The molecule has 2 aliphatic heterocycles. The van der Waals surface area contributed by atoms with Gasteiger partial charge < -0.3 is 16.2 Å². The molecule has 3 rings (SSSR count). The van der Waals surface area contributed by atoms with Crippen LogP contribution in [0.1, 0.15) is 4.88 Å². The maximum Gasteiger partial charge on any atom is 0.352 e. The van der Waals surface area contributed by atoms with Crippen LogP contribution in [0, 0.1) is 0 Å². The Balaban J connectivity index is 1.69. The number of hydrogen-bond donors (Lipinski definition) is 3. The zero-order valence-electron chi connectivity index (χ0n) is 12.4. The van der Waals surface area contributed by atoms with E-state index < -0.39 is 23.3 Å². The van der Waals surface area contributed by atoms with Gasteiger partial charge in [-0.1, -0.05) is 12.7 Å². The van der Waals surface area contributed by atoms with Crippen LogP contribution in [0.25, 0.3) is 0 Å². The molecule has 0 bridgehead atoms. The topological polar surface area (TPSA) is 126 Å². The number of nitrogens with zero attached hydrogens (tertiary/aromatic N) is 2. The van der Waals surface area contributed by atoms with Crippen molar-refractivity contribution in [3.63, 3.8) is 0 Å². The lowest BCUT2D eigenvalue weighted by molar-refractivity contribution is -0.150. The fraction of sp³-hybridized carbons (Fsp3) is 0.286. The highest BCUT2D eigenvalue weighted by Gasteiger charge is 2.53. The number of allylic oxidation sites excluding steroid dienone is 1. The fourth-order valence-electron chi connectivity index (χ4n) is 2.59. The monoisotopic (exact) mass is 366 g/mol. The molecule has 2 amide bonds. The number of carboxylic acid groups (broad SMARTS) is 1. The average molecular weight is 366 g/mol. The van der Waals surface area contributed by atoms with E-state index in [1.807, 2.05) is 0 Å². The molecule has 2 aliphatic rings. The van der Waals surface area contributed by atoms with Gasteiger partial charge in [0.05, 0.1) is 6.42 Å². The number of amides is 2. The number of carbonyl (C=O) groups excluding carboxylic acids is 2. The number of fused-ring (bicyclic) bond motifs is 1. The van der Waals surface area contributed by atoms with Crippen LogP contribution in [-0.4, -0.2) is 49.9 Å². The van der Waals surface area contributed by atoms with Crippen LogP contribution in [0.5, 0.6) is 0 Å². The number of rotatable bonds is 5. The molecule has 4 N–H and O–H groups in total. The number of nitrogens with one attached hydrogen (secondary N) is 1. The number of anilines is 1. The second-order valence-corrected chi connectivity index (χ2v) is 7.43. The fourth-order valence-corrected chi connectivity index (χ4v) is 4.61. The molecule has 0 saturated carbocycles. The Hall–Kier alpha value is -2.33. The van der Waals surface area contributed by atoms with E-state index in [1.165, 1.54) is 40.3 Å². The predicted octanol–water partition coefficient (Wildman–Crippen LogP) is 0.192. The molecule has 126 valence electrons. The van der Waals surface area contributed by atoms with Crippen molar-refractivity contribution < 1.29 is 19.5 Å². The third-order valence-corrected chi connectivity index (χ3v) is 5.80. The molecule has 0 spiro atoms. The normalized spacial score (nSPS) is 22.7. The molecular formula is C14H14N4O4S2. The van der Waals surface area contributed by atoms with Crippen molar-refractivity contribution in [3.8, 4) is 0 Å². The summed E-state index contributed by atoms with van der Waals surface area (Å²) < 4.78 is 0. The van der Waals surface area contributed by atoms with Gasteiger partial charge in [-0.25, -0.2) is 9.78 Å². The highest BCUT2D eigenvalue weighted by atomic mass is 32.2. The highest BCUT2D eigenvalue weighted by Crippen LogP contribution is 2.40. The first-order valence-corrected chi connectivity index (χ1v) is 8.82. The largest absolute Gasteiger partial charge is 0.477 e. The van der Waals surface area contributed by atoms with Crippen LogP contribution >= 0.6 is 23.1 Å². The van der Waals surface area contributed by atoms with Crippen molar-refractivity contribution in [3.05, 3.63) is 35.0 Å². The molecule has 24 heavy (non-hydrogen) atoms. The minimum atomic E-state index is -1.17. The van der Waals surface area contributed by atoms with E-state index in [4.69, 9.17) is 5.73 Å². The zero-order chi connectivity index (χ0) is 17.4. The zero-order valence-corrected chi connectivity index (χ0v) is 14.0. The second-order valence-electron chi connectivity index (χ2n) is 5.18. The van der Waals surface area contributed by atoms with Gasteiger partial charge >= 0.3 is 5.97 Å². The minimum absolute atomic E-state index is 0.0560. The Morgan fingerprint density at radius 1 is 1.58 bits per heavy atom. The number of aliphatic carboxylic acids is 1. The summed E-state index contributed by atoms with van der Waals surface area (Å²) in [6.07, 6.45) is 3.04. The molecule has 10 heteroatoms. The molecule has 1 aromatic heterocycles. The van der Waals surface area contributed by atoms with Crippen molar-refractivity contribution in [1.29, 1.82) is 0 Å². The van der Waals surface area contributed by atoms with E-state index in [-0.39, 0.29) is 18.0 Å². The Labute approximate surface area is 145 Å². The number of β-lactam (4-membered cyclic amide) rings is 1. The number of hydrogen-bond acceptors (Lipinski definition) is 7.